The van der Waals surface area contributed by atoms with E-state index in [0.717, 1.165) is 0 Å². The smallest absolute Gasteiger partial charge is 0.282 e. The molecule has 1 aromatic rings. The van der Waals surface area contributed by atoms with E-state index in [1.165, 1.54) is 0 Å². The van der Waals surface area contributed by atoms with Gasteiger partial charge < -0.3 is 0 Å². The van der Waals surface area contributed by atoms with Crippen LogP contribution in [0.3, 0.4) is 0 Å². The van der Waals surface area contributed by atoms with Crippen LogP contribution in [0.5, 0.6) is 0 Å². The number of hydrogen-bond donors (Lipinski definition) is 0. The fourth-order valence-electron chi connectivity index (χ4n) is 0.977. The lowest BCUT2D eigenvalue weighted by atomic mass is 10.1. The maximum absolute atomic E-state index is 13.0. The number of halogens is 2. The SMILES string of the molecule is O=Cc1cc([N+](=O)[O-])c(C(=O)Cl)cc1F. The van der Waals surface area contributed by atoms with Gasteiger partial charge in [0.25, 0.3) is 10.9 Å². The van der Waals surface area contributed by atoms with Crippen LogP contribution in [0, 0.1) is 15.9 Å². The molecule has 0 amide bonds. The third kappa shape index (κ3) is 2.16. The number of rotatable bonds is 3. The zero-order chi connectivity index (χ0) is 11.6. The van der Waals surface area contributed by atoms with Crippen LogP contribution in [0.2, 0.25) is 0 Å². The molecular formula is C8H3ClFNO4. The Labute approximate surface area is 87.6 Å². The summed E-state index contributed by atoms with van der Waals surface area (Å²) in [5.41, 5.74) is -1.77. The van der Waals surface area contributed by atoms with Crippen LogP contribution in [0.1, 0.15) is 20.7 Å². The molecule has 0 saturated heterocycles. The average Bonchev–Trinajstić information content (AvgIpc) is 2.16. The van der Waals surface area contributed by atoms with Gasteiger partial charge in [-0.3, -0.25) is 19.7 Å². The Balaban J connectivity index is 3.52. The Kier molecular flexibility index (Phi) is 3.11. The predicted molar refractivity (Wildman–Crippen MR) is 48.6 cm³/mol. The summed E-state index contributed by atoms with van der Waals surface area (Å²) in [6.45, 7) is 0. The van der Waals surface area contributed by atoms with Gasteiger partial charge >= 0.3 is 0 Å². The molecule has 0 radical (unpaired) electrons. The van der Waals surface area contributed by atoms with Crippen molar-refractivity contribution in [1.82, 2.24) is 0 Å². The lowest BCUT2D eigenvalue weighted by Gasteiger charge is -1.99. The van der Waals surface area contributed by atoms with E-state index < -0.39 is 32.8 Å². The topological polar surface area (TPSA) is 77.3 Å². The Morgan fingerprint density at radius 3 is 2.53 bits per heavy atom. The molecule has 0 aliphatic carbocycles. The molecule has 0 aliphatic rings. The summed E-state index contributed by atoms with van der Waals surface area (Å²) in [5, 5.41) is 9.31. The molecule has 0 aromatic heterocycles. The van der Waals surface area contributed by atoms with Gasteiger partial charge in [-0.1, -0.05) is 0 Å². The predicted octanol–water partition coefficient (Wildman–Crippen LogP) is 1.93. The lowest BCUT2D eigenvalue weighted by Crippen LogP contribution is -2.02. The van der Waals surface area contributed by atoms with Crippen molar-refractivity contribution in [1.29, 1.82) is 0 Å². The molecule has 0 atom stereocenters. The number of carbonyl (C=O) groups is 2. The van der Waals surface area contributed by atoms with Crippen molar-refractivity contribution in [2.45, 2.75) is 0 Å². The number of nitrogens with zero attached hydrogens (tertiary/aromatic N) is 1. The molecule has 0 saturated carbocycles. The maximum atomic E-state index is 13.0. The summed E-state index contributed by atoms with van der Waals surface area (Å²) < 4.78 is 13.0. The Bertz CT molecular complexity index is 460. The van der Waals surface area contributed by atoms with E-state index >= 15 is 0 Å². The standard InChI is InChI=1S/C8H3ClFNO4/c9-8(13)5-2-6(10)4(3-12)1-7(5)11(14)15/h1-3H. The molecule has 1 rings (SSSR count). The van der Waals surface area contributed by atoms with E-state index in [4.69, 9.17) is 11.6 Å². The molecule has 1 aromatic carbocycles. The molecule has 0 heterocycles. The molecule has 7 heteroatoms. The quantitative estimate of drug-likeness (QED) is 0.345. The van der Waals surface area contributed by atoms with Gasteiger partial charge in [0.2, 0.25) is 0 Å². The summed E-state index contributed by atoms with van der Waals surface area (Å²) in [5.74, 6) is -1.03. The monoisotopic (exact) mass is 231 g/mol. The first-order valence-electron chi connectivity index (χ1n) is 3.60. The van der Waals surface area contributed by atoms with Gasteiger partial charge in [-0.2, -0.15) is 0 Å². The normalized spacial score (nSPS) is 9.73. The fourth-order valence-corrected chi connectivity index (χ4v) is 1.13. The minimum atomic E-state index is -1.15. The van der Waals surface area contributed by atoms with Crippen molar-refractivity contribution < 1.29 is 18.9 Å². The highest BCUT2D eigenvalue weighted by Gasteiger charge is 2.22. The zero-order valence-corrected chi connectivity index (χ0v) is 7.82. The van der Waals surface area contributed by atoms with Gasteiger partial charge in [0.05, 0.1) is 10.5 Å². The van der Waals surface area contributed by atoms with Gasteiger partial charge in [0.15, 0.2) is 6.29 Å². The Hall–Kier alpha value is -1.82. The summed E-state index contributed by atoms with van der Waals surface area (Å²) in [7, 11) is 0. The molecule has 0 fully saturated rings. The van der Waals surface area contributed by atoms with Gasteiger partial charge in [-0.25, -0.2) is 4.39 Å². The first-order valence-corrected chi connectivity index (χ1v) is 3.98. The van der Waals surface area contributed by atoms with E-state index in [-0.39, 0.29) is 6.29 Å². The molecule has 0 unspecified atom stereocenters. The highest BCUT2D eigenvalue weighted by Crippen LogP contribution is 2.23. The second-order valence-electron chi connectivity index (χ2n) is 2.54. The number of nitro benzene ring substituents is 1. The summed E-state index contributed by atoms with van der Waals surface area (Å²) in [6, 6.07) is 1.23. The van der Waals surface area contributed by atoms with Crippen LogP contribution in [-0.4, -0.2) is 16.5 Å². The van der Waals surface area contributed by atoms with Crippen molar-refractivity contribution in [3.63, 3.8) is 0 Å². The zero-order valence-electron chi connectivity index (χ0n) is 7.07. The van der Waals surface area contributed by atoms with E-state index in [2.05, 4.69) is 0 Å². The Morgan fingerprint density at radius 1 is 1.53 bits per heavy atom. The molecule has 0 N–H and O–H groups in total. The van der Waals surface area contributed by atoms with Crippen molar-refractivity contribution in [2.75, 3.05) is 0 Å². The molecule has 5 nitrogen and oxygen atoms in total. The van der Waals surface area contributed by atoms with Crippen molar-refractivity contribution in [3.05, 3.63) is 39.2 Å². The third-order valence-electron chi connectivity index (χ3n) is 1.65. The van der Waals surface area contributed by atoms with Gasteiger partial charge in [0, 0.05) is 6.07 Å². The van der Waals surface area contributed by atoms with E-state index in [9.17, 15) is 24.1 Å². The third-order valence-corrected chi connectivity index (χ3v) is 1.85. The van der Waals surface area contributed by atoms with Crippen LogP contribution >= 0.6 is 11.6 Å². The molecule has 0 bridgehead atoms. The Morgan fingerprint density at radius 2 is 2.13 bits per heavy atom. The van der Waals surface area contributed by atoms with Crippen molar-refractivity contribution in [2.24, 2.45) is 0 Å². The van der Waals surface area contributed by atoms with E-state index in [0.29, 0.717) is 12.1 Å². The largest absolute Gasteiger partial charge is 0.298 e. The molecule has 78 valence electrons. The van der Waals surface area contributed by atoms with Crippen LogP contribution in [0.4, 0.5) is 10.1 Å². The number of hydrogen-bond acceptors (Lipinski definition) is 4. The highest BCUT2D eigenvalue weighted by atomic mass is 35.5. The second-order valence-corrected chi connectivity index (χ2v) is 2.88. The van der Waals surface area contributed by atoms with Crippen molar-refractivity contribution in [3.8, 4) is 0 Å². The fraction of sp³-hybridized carbons (Fsp3) is 0. The van der Waals surface area contributed by atoms with Crippen LogP contribution < -0.4 is 0 Å². The molecule has 15 heavy (non-hydrogen) atoms. The number of benzene rings is 1. The summed E-state index contributed by atoms with van der Waals surface area (Å²) >= 11 is 5.02. The minimum Gasteiger partial charge on any atom is -0.298 e. The first kappa shape index (κ1) is 11.3. The maximum Gasteiger partial charge on any atom is 0.282 e. The van der Waals surface area contributed by atoms with E-state index in [1.807, 2.05) is 0 Å². The summed E-state index contributed by atoms with van der Waals surface area (Å²) in [4.78, 5) is 30.6. The number of nitro groups is 1. The van der Waals surface area contributed by atoms with Crippen LogP contribution in [-0.2, 0) is 0 Å². The van der Waals surface area contributed by atoms with E-state index in [1.54, 1.807) is 0 Å². The van der Waals surface area contributed by atoms with Crippen molar-refractivity contribution >= 4 is 28.8 Å². The molecular weight excluding hydrogens is 229 g/mol. The lowest BCUT2D eigenvalue weighted by molar-refractivity contribution is -0.385. The van der Waals surface area contributed by atoms with Gasteiger partial charge in [0.1, 0.15) is 11.4 Å². The first-order chi connectivity index (χ1) is 6.97. The minimum absolute atomic E-state index is 0.116. The summed E-state index contributed by atoms with van der Waals surface area (Å²) in [6.07, 6.45) is 0.116. The highest BCUT2D eigenvalue weighted by molar-refractivity contribution is 6.68. The van der Waals surface area contributed by atoms with Crippen LogP contribution in [0.15, 0.2) is 12.1 Å². The average molecular weight is 232 g/mol. The molecule has 0 spiro atoms. The van der Waals surface area contributed by atoms with Crippen LogP contribution in [0.25, 0.3) is 0 Å². The van der Waals surface area contributed by atoms with Gasteiger partial charge in [-0.15, -0.1) is 0 Å². The molecule has 0 aliphatic heterocycles. The van der Waals surface area contributed by atoms with Gasteiger partial charge in [-0.05, 0) is 17.7 Å². The second kappa shape index (κ2) is 4.14. The number of carbonyl (C=O) groups excluding carboxylic acids is 2. The number of aldehydes is 1.